The Labute approximate surface area is 122 Å². The number of rotatable bonds is 3. The monoisotopic (exact) mass is 281 g/mol. The van der Waals surface area contributed by atoms with Gasteiger partial charge in [0.2, 0.25) is 0 Å². The summed E-state index contributed by atoms with van der Waals surface area (Å²) in [6.07, 6.45) is 5.08. The lowest BCUT2D eigenvalue weighted by Gasteiger charge is -2.33. The van der Waals surface area contributed by atoms with Gasteiger partial charge >= 0.3 is 0 Å². The molecule has 3 rings (SSSR count). The second-order valence-corrected chi connectivity index (χ2v) is 5.57. The lowest BCUT2D eigenvalue weighted by molar-refractivity contribution is 0.226. The highest BCUT2D eigenvalue weighted by atomic mass is 35.5. The summed E-state index contributed by atoms with van der Waals surface area (Å²) in [5, 5.41) is 0. The van der Waals surface area contributed by atoms with Gasteiger partial charge in [-0.25, -0.2) is 0 Å². The molecule has 1 heterocycles. The minimum Gasteiger partial charge on any atom is -0.496 e. The molecule has 19 heavy (non-hydrogen) atoms. The van der Waals surface area contributed by atoms with Crippen LogP contribution in [0.5, 0.6) is 5.75 Å². The molecule has 0 saturated carbocycles. The van der Waals surface area contributed by atoms with E-state index < -0.39 is 0 Å². The van der Waals surface area contributed by atoms with Crippen molar-refractivity contribution in [2.75, 3.05) is 20.2 Å². The number of hydrogen-bond acceptors (Lipinski definition) is 2. The third kappa shape index (κ3) is 2.48. The van der Waals surface area contributed by atoms with Crippen molar-refractivity contribution < 1.29 is 4.74 Å². The van der Waals surface area contributed by atoms with Crippen molar-refractivity contribution in [2.45, 2.75) is 44.6 Å². The zero-order valence-electron chi connectivity index (χ0n) is 11.9. The van der Waals surface area contributed by atoms with E-state index in [-0.39, 0.29) is 12.4 Å². The van der Waals surface area contributed by atoms with Gasteiger partial charge in [0, 0.05) is 12.0 Å². The Balaban J connectivity index is 0.00000133. The van der Waals surface area contributed by atoms with Crippen molar-refractivity contribution in [3.8, 4) is 5.75 Å². The molecule has 3 heteroatoms. The van der Waals surface area contributed by atoms with Crippen LogP contribution in [0.15, 0.2) is 18.2 Å². The number of nitrogens with zero attached hydrogens (tertiary/aromatic N) is 1. The zero-order valence-corrected chi connectivity index (χ0v) is 12.7. The summed E-state index contributed by atoms with van der Waals surface area (Å²) in [6.45, 7) is 4.83. The van der Waals surface area contributed by atoms with E-state index in [0.29, 0.717) is 0 Å². The smallest absolute Gasteiger partial charge is 0.122 e. The Morgan fingerprint density at radius 1 is 1.32 bits per heavy atom. The summed E-state index contributed by atoms with van der Waals surface area (Å²) in [6, 6.07) is 7.37. The molecule has 2 nitrogen and oxygen atoms in total. The Hall–Kier alpha value is -0.730. The summed E-state index contributed by atoms with van der Waals surface area (Å²) in [7, 11) is 1.79. The first-order chi connectivity index (χ1) is 8.85. The van der Waals surface area contributed by atoms with Crippen LogP contribution in [0, 0.1) is 0 Å². The molecule has 106 valence electrons. The maximum atomic E-state index is 5.52. The molecule has 2 aliphatic rings. The highest BCUT2D eigenvalue weighted by Crippen LogP contribution is 2.43. The number of methoxy groups -OCH3 is 1. The maximum absolute atomic E-state index is 5.52. The van der Waals surface area contributed by atoms with Crippen molar-refractivity contribution in [3.05, 3.63) is 29.3 Å². The molecule has 0 bridgehead atoms. The van der Waals surface area contributed by atoms with Gasteiger partial charge in [0.05, 0.1) is 7.11 Å². The number of benzene rings is 1. The first-order valence-electron chi connectivity index (χ1n) is 7.25. The van der Waals surface area contributed by atoms with Gasteiger partial charge < -0.3 is 4.74 Å². The molecule has 0 spiro atoms. The van der Waals surface area contributed by atoms with Crippen LogP contribution < -0.4 is 4.74 Å². The van der Waals surface area contributed by atoms with Crippen molar-refractivity contribution in [1.29, 1.82) is 0 Å². The standard InChI is InChI=1S/C16H23NO.ClH/c1-3-10-17-11-9-13-12-5-4-6-16(18-2)14(12)7-8-15(13)17;/h4-6,13,15H,3,7-11H2,1-2H3;1H/t13-,15+;/m1./s1. The molecule has 0 unspecified atom stereocenters. The van der Waals surface area contributed by atoms with E-state index in [4.69, 9.17) is 4.74 Å². The molecule has 1 fully saturated rings. The summed E-state index contributed by atoms with van der Waals surface area (Å²) in [5.41, 5.74) is 3.03. The van der Waals surface area contributed by atoms with Crippen LogP contribution >= 0.6 is 12.4 Å². The molecular formula is C16H24ClNO. The Kier molecular flexibility index (Phi) is 4.75. The second kappa shape index (κ2) is 6.15. The molecule has 1 aromatic carbocycles. The lowest BCUT2D eigenvalue weighted by atomic mass is 9.79. The van der Waals surface area contributed by atoms with Crippen LogP contribution in [-0.4, -0.2) is 31.1 Å². The normalized spacial score (nSPS) is 25.4. The average Bonchev–Trinajstić information content (AvgIpc) is 2.82. The van der Waals surface area contributed by atoms with Crippen molar-refractivity contribution >= 4 is 12.4 Å². The number of fused-ring (bicyclic) bond motifs is 3. The molecule has 1 aliphatic carbocycles. The summed E-state index contributed by atoms with van der Waals surface area (Å²) < 4.78 is 5.52. The lowest BCUT2D eigenvalue weighted by Crippen LogP contribution is -2.35. The number of halogens is 1. The predicted molar refractivity (Wildman–Crippen MR) is 81.6 cm³/mol. The van der Waals surface area contributed by atoms with Gasteiger partial charge in [-0.15, -0.1) is 12.4 Å². The van der Waals surface area contributed by atoms with Gasteiger partial charge in [-0.2, -0.15) is 0 Å². The van der Waals surface area contributed by atoms with Crippen LogP contribution in [-0.2, 0) is 6.42 Å². The summed E-state index contributed by atoms with van der Waals surface area (Å²) in [4.78, 5) is 2.70. The van der Waals surface area contributed by atoms with Crippen LogP contribution in [0.25, 0.3) is 0 Å². The van der Waals surface area contributed by atoms with E-state index in [0.717, 1.165) is 17.7 Å². The molecule has 1 saturated heterocycles. The summed E-state index contributed by atoms with van der Waals surface area (Å²) in [5.74, 6) is 1.84. The summed E-state index contributed by atoms with van der Waals surface area (Å²) >= 11 is 0. The molecule has 0 N–H and O–H groups in total. The number of likely N-dealkylation sites (tertiary alicyclic amines) is 1. The van der Waals surface area contributed by atoms with E-state index in [1.807, 2.05) is 0 Å². The van der Waals surface area contributed by atoms with Gasteiger partial charge in [0.25, 0.3) is 0 Å². The van der Waals surface area contributed by atoms with Crippen LogP contribution in [0.3, 0.4) is 0 Å². The van der Waals surface area contributed by atoms with Crippen LogP contribution in [0.2, 0.25) is 0 Å². The number of hydrogen-bond donors (Lipinski definition) is 0. The van der Waals surface area contributed by atoms with E-state index in [1.165, 1.54) is 44.3 Å². The SMILES string of the molecule is CCCN1CC[C@@H]2c3cccc(OC)c3CC[C@@H]21.Cl. The van der Waals surface area contributed by atoms with Crippen molar-refractivity contribution in [1.82, 2.24) is 4.90 Å². The fourth-order valence-electron chi connectivity index (χ4n) is 3.91. The highest BCUT2D eigenvalue weighted by Gasteiger charge is 2.38. The third-order valence-electron chi connectivity index (χ3n) is 4.65. The van der Waals surface area contributed by atoms with Crippen LogP contribution in [0.4, 0.5) is 0 Å². The molecule has 0 radical (unpaired) electrons. The fraction of sp³-hybridized carbons (Fsp3) is 0.625. The average molecular weight is 282 g/mol. The van der Waals surface area contributed by atoms with Gasteiger partial charge in [-0.05, 0) is 56.0 Å². The third-order valence-corrected chi connectivity index (χ3v) is 4.65. The minimum absolute atomic E-state index is 0. The predicted octanol–water partition coefficient (Wildman–Crippen LogP) is 3.63. The van der Waals surface area contributed by atoms with E-state index in [1.54, 1.807) is 12.7 Å². The van der Waals surface area contributed by atoms with Crippen molar-refractivity contribution in [3.63, 3.8) is 0 Å². The minimum atomic E-state index is 0. The van der Waals surface area contributed by atoms with E-state index >= 15 is 0 Å². The first kappa shape index (κ1) is 14.7. The topological polar surface area (TPSA) is 12.5 Å². The largest absolute Gasteiger partial charge is 0.496 e. The van der Waals surface area contributed by atoms with Gasteiger partial charge in [-0.1, -0.05) is 19.1 Å². The van der Waals surface area contributed by atoms with Gasteiger partial charge in [0.1, 0.15) is 5.75 Å². The molecule has 1 aliphatic heterocycles. The quantitative estimate of drug-likeness (QED) is 0.839. The van der Waals surface area contributed by atoms with Crippen molar-refractivity contribution in [2.24, 2.45) is 0 Å². The number of ether oxygens (including phenoxy) is 1. The second-order valence-electron chi connectivity index (χ2n) is 5.57. The maximum Gasteiger partial charge on any atom is 0.122 e. The Bertz CT molecular complexity index is 435. The molecular weight excluding hydrogens is 258 g/mol. The first-order valence-corrected chi connectivity index (χ1v) is 7.25. The molecule has 1 aromatic rings. The van der Waals surface area contributed by atoms with Crippen LogP contribution in [0.1, 0.15) is 43.2 Å². The fourth-order valence-corrected chi connectivity index (χ4v) is 3.91. The zero-order chi connectivity index (χ0) is 12.5. The van der Waals surface area contributed by atoms with Gasteiger partial charge in [0.15, 0.2) is 0 Å². The van der Waals surface area contributed by atoms with E-state index in [2.05, 4.69) is 30.0 Å². The highest BCUT2D eigenvalue weighted by molar-refractivity contribution is 5.85. The molecule has 0 aromatic heterocycles. The molecule has 2 atom stereocenters. The van der Waals surface area contributed by atoms with Gasteiger partial charge in [-0.3, -0.25) is 4.90 Å². The Morgan fingerprint density at radius 3 is 2.89 bits per heavy atom. The molecule has 0 amide bonds. The Morgan fingerprint density at radius 2 is 2.16 bits per heavy atom. The van der Waals surface area contributed by atoms with E-state index in [9.17, 15) is 0 Å².